The number of hydrogen-bond donors (Lipinski definition) is 0. The Morgan fingerprint density at radius 3 is 1.13 bits per heavy atom. The third-order valence-corrected chi connectivity index (χ3v) is 5.90. The molecule has 0 unspecified atom stereocenters. The highest BCUT2D eigenvalue weighted by Crippen LogP contribution is 2.46. The largest absolute Gasteiger partial charge is 0.308 e. The van der Waals surface area contributed by atoms with Gasteiger partial charge in [0.1, 0.15) is 6.54 Å². The van der Waals surface area contributed by atoms with Crippen LogP contribution in [0.5, 0.6) is 0 Å². The molecule has 0 aromatic heterocycles. The van der Waals surface area contributed by atoms with Crippen LogP contribution in [0.2, 0.25) is 0 Å². The van der Waals surface area contributed by atoms with E-state index in [9.17, 15) is 0 Å². The molecule has 0 saturated heterocycles. The molecule has 0 spiro atoms. The van der Waals surface area contributed by atoms with Gasteiger partial charge in [-0.1, -0.05) is 130 Å². The molecule has 30 heavy (non-hydrogen) atoms. The second kappa shape index (κ2) is 9.15. The average Bonchev–Trinajstić information content (AvgIpc) is 2.77. The van der Waals surface area contributed by atoms with Gasteiger partial charge < -0.3 is 4.48 Å². The fraction of sp³-hybridized carbons (Fsp3) is 0.143. The maximum atomic E-state index is 2.35. The summed E-state index contributed by atoms with van der Waals surface area (Å²) in [7, 11) is 4.69. The van der Waals surface area contributed by atoms with E-state index >= 15 is 0 Å². The molecule has 4 aromatic rings. The quantitative estimate of drug-likeness (QED) is 0.251. The third kappa shape index (κ3) is 3.84. The molecule has 0 aliphatic heterocycles. The highest BCUT2D eigenvalue weighted by molar-refractivity contribution is 5.75. The van der Waals surface area contributed by atoms with Crippen LogP contribution in [0.1, 0.15) is 22.3 Å². The standard InChI is InChI=1S/C28H28N.BH4/c1-29(2,23-24-15-7-3-8-16-24)28(25-17-9-4-10-18-25,26-19-11-5-12-20-26)27-21-13-6-14-22-27;/h3-22H,23H2,1-2H3;1H4/q+1;-1. The van der Waals surface area contributed by atoms with Crippen molar-refractivity contribution in [2.75, 3.05) is 14.1 Å². The Kier molecular flexibility index (Phi) is 6.59. The molecule has 0 radical (unpaired) electrons. The molecule has 0 atom stereocenters. The molecular weight excluding hydrogens is 361 g/mol. The summed E-state index contributed by atoms with van der Waals surface area (Å²) in [6.07, 6.45) is 0. The Hall–Kier alpha value is -3.10. The third-order valence-electron chi connectivity index (χ3n) is 5.90. The monoisotopic (exact) mass is 393 g/mol. The molecule has 4 aromatic carbocycles. The first-order valence-corrected chi connectivity index (χ1v) is 10.2. The van der Waals surface area contributed by atoms with E-state index in [1.807, 2.05) is 0 Å². The van der Waals surface area contributed by atoms with E-state index in [4.69, 9.17) is 0 Å². The van der Waals surface area contributed by atoms with Gasteiger partial charge >= 0.3 is 0 Å². The minimum absolute atomic E-state index is 0. The van der Waals surface area contributed by atoms with Crippen LogP contribution in [0, 0.1) is 0 Å². The van der Waals surface area contributed by atoms with E-state index in [1.165, 1.54) is 22.3 Å². The molecular formula is C28H32BN. The van der Waals surface area contributed by atoms with Gasteiger partial charge in [-0.05, 0) is 0 Å². The van der Waals surface area contributed by atoms with Gasteiger partial charge in [0.05, 0.1) is 14.1 Å². The average molecular weight is 393 g/mol. The summed E-state index contributed by atoms with van der Waals surface area (Å²) in [5, 5.41) is 0. The van der Waals surface area contributed by atoms with Gasteiger partial charge in [0.2, 0.25) is 0 Å². The van der Waals surface area contributed by atoms with Crippen LogP contribution in [0.4, 0.5) is 0 Å². The van der Waals surface area contributed by atoms with Crippen LogP contribution in [0.3, 0.4) is 0 Å². The SMILES string of the molecule is C[N+](C)(Cc1ccccc1)C(c1ccccc1)(c1ccccc1)c1ccccc1.[BH4-]. The fourth-order valence-electron chi connectivity index (χ4n) is 4.74. The Morgan fingerprint density at radius 1 is 0.500 bits per heavy atom. The summed E-state index contributed by atoms with van der Waals surface area (Å²) in [4.78, 5) is 0. The number of hydrogen-bond acceptors (Lipinski definition) is 0. The molecule has 2 heteroatoms. The van der Waals surface area contributed by atoms with Gasteiger partial charge in [0, 0.05) is 22.3 Å². The molecule has 0 bridgehead atoms. The first-order chi connectivity index (χ1) is 14.1. The molecule has 4 rings (SSSR count). The number of rotatable bonds is 6. The lowest BCUT2D eigenvalue weighted by atomic mass is 9.74. The normalized spacial score (nSPS) is 11.5. The van der Waals surface area contributed by atoms with E-state index in [0.29, 0.717) is 0 Å². The van der Waals surface area contributed by atoms with Crippen LogP contribution in [0.25, 0.3) is 0 Å². The molecule has 0 N–H and O–H groups in total. The van der Waals surface area contributed by atoms with Crippen molar-refractivity contribution in [1.82, 2.24) is 0 Å². The second-order valence-corrected chi connectivity index (χ2v) is 8.14. The summed E-state index contributed by atoms with van der Waals surface area (Å²) in [6.45, 7) is 0.916. The van der Waals surface area contributed by atoms with Gasteiger partial charge in [-0.2, -0.15) is 0 Å². The lowest BCUT2D eigenvalue weighted by Crippen LogP contribution is -2.58. The predicted molar refractivity (Wildman–Crippen MR) is 133 cm³/mol. The summed E-state index contributed by atoms with van der Waals surface area (Å²) in [5.74, 6) is 0. The fourth-order valence-corrected chi connectivity index (χ4v) is 4.74. The van der Waals surface area contributed by atoms with Crippen LogP contribution in [0.15, 0.2) is 121 Å². The van der Waals surface area contributed by atoms with Crippen molar-refractivity contribution in [2.24, 2.45) is 0 Å². The Morgan fingerprint density at radius 2 is 0.800 bits per heavy atom. The van der Waals surface area contributed by atoms with Crippen LogP contribution in [-0.4, -0.2) is 27.0 Å². The number of benzene rings is 4. The maximum Gasteiger partial charge on any atom is 0.176 e. The van der Waals surface area contributed by atoms with Crippen molar-refractivity contribution in [3.63, 3.8) is 0 Å². The van der Waals surface area contributed by atoms with Crippen molar-refractivity contribution in [3.8, 4) is 0 Å². The Labute approximate surface area is 182 Å². The van der Waals surface area contributed by atoms with E-state index in [2.05, 4.69) is 135 Å². The van der Waals surface area contributed by atoms with Gasteiger partial charge in [-0.3, -0.25) is 0 Å². The highest BCUT2D eigenvalue weighted by atomic mass is 15.4. The molecule has 0 aliphatic rings. The van der Waals surface area contributed by atoms with Crippen molar-refractivity contribution >= 4 is 8.41 Å². The van der Waals surface area contributed by atoms with Gasteiger partial charge in [-0.15, -0.1) is 0 Å². The molecule has 1 nitrogen and oxygen atoms in total. The minimum Gasteiger partial charge on any atom is -0.308 e. The Bertz CT molecular complexity index is 932. The summed E-state index contributed by atoms with van der Waals surface area (Å²) >= 11 is 0. The lowest BCUT2D eigenvalue weighted by Gasteiger charge is -2.50. The summed E-state index contributed by atoms with van der Waals surface area (Å²) in [5.41, 5.74) is 4.92. The molecule has 0 amide bonds. The van der Waals surface area contributed by atoms with Gasteiger partial charge in [0.15, 0.2) is 5.54 Å². The van der Waals surface area contributed by atoms with Gasteiger partial charge in [-0.25, -0.2) is 0 Å². The molecule has 0 saturated carbocycles. The number of nitrogens with zero attached hydrogens (tertiary/aromatic N) is 1. The van der Waals surface area contributed by atoms with Crippen molar-refractivity contribution in [3.05, 3.63) is 144 Å². The number of quaternary nitrogens is 1. The zero-order valence-corrected chi connectivity index (χ0v) is 17.2. The minimum atomic E-state index is -0.334. The first kappa shape index (κ1) is 21.6. The predicted octanol–water partition coefficient (Wildman–Crippen LogP) is 4.80. The summed E-state index contributed by atoms with van der Waals surface area (Å²) < 4.78 is 0.773. The van der Waals surface area contributed by atoms with Crippen molar-refractivity contribution < 1.29 is 4.48 Å². The van der Waals surface area contributed by atoms with Crippen molar-refractivity contribution in [1.29, 1.82) is 0 Å². The van der Waals surface area contributed by atoms with E-state index in [-0.39, 0.29) is 14.0 Å². The zero-order valence-electron chi connectivity index (χ0n) is 17.2. The second-order valence-electron chi connectivity index (χ2n) is 8.14. The van der Waals surface area contributed by atoms with Crippen LogP contribution in [-0.2, 0) is 12.1 Å². The summed E-state index contributed by atoms with van der Waals surface area (Å²) in [6, 6.07) is 43.6. The lowest BCUT2D eigenvalue weighted by molar-refractivity contribution is -0.949. The topological polar surface area (TPSA) is 0 Å². The smallest absolute Gasteiger partial charge is 0.176 e. The zero-order chi connectivity index (χ0) is 20.2. The van der Waals surface area contributed by atoms with Crippen LogP contribution >= 0.6 is 0 Å². The van der Waals surface area contributed by atoms with E-state index in [1.54, 1.807) is 0 Å². The van der Waals surface area contributed by atoms with Crippen molar-refractivity contribution in [2.45, 2.75) is 12.1 Å². The molecule has 0 heterocycles. The first-order valence-electron chi connectivity index (χ1n) is 10.2. The molecule has 0 aliphatic carbocycles. The highest BCUT2D eigenvalue weighted by Gasteiger charge is 2.50. The molecule has 152 valence electrons. The molecule has 0 fully saturated rings. The van der Waals surface area contributed by atoms with Crippen LogP contribution < -0.4 is 0 Å². The van der Waals surface area contributed by atoms with Gasteiger partial charge in [0.25, 0.3) is 0 Å². The maximum absolute atomic E-state index is 2.35. The van der Waals surface area contributed by atoms with E-state index < -0.39 is 0 Å². The Balaban J connectivity index is 0.00000256. The van der Waals surface area contributed by atoms with E-state index in [0.717, 1.165) is 11.0 Å².